The van der Waals surface area contributed by atoms with E-state index in [1.165, 1.54) is 11.3 Å². The van der Waals surface area contributed by atoms with E-state index in [-0.39, 0.29) is 0 Å². The second-order valence-corrected chi connectivity index (χ2v) is 5.89. The molecule has 13 heavy (non-hydrogen) atoms. The number of halogens is 1. The average Bonchev–Trinajstić information content (AvgIpc) is 2.58. The van der Waals surface area contributed by atoms with Crippen LogP contribution in [0.25, 0.3) is 10.6 Å². The van der Waals surface area contributed by atoms with Crippen molar-refractivity contribution in [3.8, 4) is 10.6 Å². The first-order valence-corrected chi connectivity index (χ1v) is 5.87. The number of rotatable bonds is 1. The molecule has 2 rings (SSSR count). The molecule has 0 saturated carbocycles. The molecule has 4 N–H and O–H groups in total. The van der Waals surface area contributed by atoms with Gasteiger partial charge < -0.3 is 11.5 Å². The van der Waals surface area contributed by atoms with E-state index in [9.17, 15) is 0 Å². The molecular formula is C7H6BrN3S2. The van der Waals surface area contributed by atoms with Crippen LogP contribution < -0.4 is 11.5 Å². The van der Waals surface area contributed by atoms with E-state index < -0.39 is 0 Å². The Kier molecular flexibility index (Phi) is 2.27. The van der Waals surface area contributed by atoms with Crippen LogP contribution in [0.1, 0.15) is 0 Å². The van der Waals surface area contributed by atoms with E-state index in [0.717, 1.165) is 14.4 Å². The van der Waals surface area contributed by atoms with Gasteiger partial charge in [-0.1, -0.05) is 11.3 Å². The summed E-state index contributed by atoms with van der Waals surface area (Å²) in [5.74, 6) is 0. The molecule has 0 aliphatic rings. The van der Waals surface area contributed by atoms with Crippen molar-refractivity contribution in [2.75, 3.05) is 11.5 Å². The standard InChI is InChI=1S/C7H6BrN3S2/c8-4-2-1-3(12-4)5-6(9)13-7(10)11-5/h1-2H,9H2,(H2,10,11). The van der Waals surface area contributed by atoms with Gasteiger partial charge in [0.15, 0.2) is 5.13 Å². The summed E-state index contributed by atoms with van der Waals surface area (Å²) in [4.78, 5) is 5.19. The van der Waals surface area contributed by atoms with Gasteiger partial charge in [0.2, 0.25) is 0 Å². The molecule has 0 amide bonds. The summed E-state index contributed by atoms with van der Waals surface area (Å²) in [6, 6.07) is 3.94. The number of nitrogens with two attached hydrogens (primary N) is 2. The molecule has 0 aliphatic heterocycles. The monoisotopic (exact) mass is 275 g/mol. The number of nitrogen functional groups attached to an aromatic ring is 2. The van der Waals surface area contributed by atoms with Gasteiger partial charge in [0.1, 0.15) is 10.7 Å². The van der Waals surface area contributed by atoms with Crippen molar-refractivity contribution in [3.63, 3.8) is 0 Å². The zero-order valence-electron chi connectivity index (χ0n) is 6.45. The highest BCUT2D eigenvalue weighted by Crippen LogP contribution is 2.37. The summed E-state index contributed by atoms with van der Waals surface area (Å²) in [5, 5.41) is 1.18. The van der Waals surface area contributed by atoms with Crippen molar-refractivity contribution >= 4 is 48.7 Å². The van der Waals surface area contributed by atoms with Gasteiger partial charge in [-0.15, -0.1) is 11.3 Å². The highest BCUT2D eigenvalue weighted by molar-refractivity contribution is 9.11. The van der Waals surface area contributed by atoms with Crippen LogP contribution in [0.4, 0.5) is 10.1 Å². The maximum atomic E-state index is 5.75. The first kappa shape index (κ1) is 8.98. The van der Waals surface area contributed by atoms with Gasteiger partial charge in [-0.2, -0.15) is 0 Å². The minimum absolute atomic E-state index is 0.511. The maximum Gasteiger partial charge on any atom is 0.182 e. The predicted molar refractivity (Wildman–Crippen MR) is 62.0 cm³/mol. The Morgan fingerprint density at radius 3 is 2.46 bits per heavy atom. The van der Waals surface area contributed by atoms with Crippen molar-refractivity contribution < 1.29 is 0 Å². The van der Waals surface area contributed by atoms with Crippen LogP contribution in [0.3, 0.4) is 0 Å². The van der Waals surface area contributed by atoms with Crippen LogP contribution in [0, 0.1) is 0 Å². The molecular weight excluding hydrogens is 270 g/mol. The van der Waals surface area contributed by atoms with Crippen LogP contribution in [0.2, 0.25) is 0 Å². The molecule has 0 bridgehead atoms. The third kappa shape index (κ3) is 1.70. The Morgan fingerprint density at radius 2 is 2.00 bits per heavy atom. The molecule has 0 atom stereocenters. The third-order valence-electron chi connectivity index (χ3n) is 1.48. The Bertz CT molecular complexity index is 435. The number of hydrogen-bond donors (Lipinski definition) is 2. The number of anilines is 2. The van der Waals surface area contributed by atoms with E-state index >= 15 is 0 Å². The molecule has 0 spiro atoms. The Morgan fingerprint density at radius 1 is 1.23 bits per heavy atom. The second-order valence-electron chi connectivity index (χ2n) is 2.37. The minimum atomic E-state index is 0.511. The fourth-order valence-corrected chi connectivity index (χ4v) is 3.04. The summed E-state index contributed by atoms with van der Waals surface area (Å²) in [6.07, 6.45) is 0. The van der Waals surface area contributed by atoms with Crippen LogP contribution in [0.15, 0.2) is 15.9 Å². The molecule has 3 nitrogen and oxygen atoms in total. The van der Waals surface area contributed by atoms with Crippen molar-refractivity contribution in [2.45, 2.75) is 0 Å². The van der Waals surface area contributed by atoms with Gasteiger partial charge in [-0.3, -0.25) is 0 Å². The lowest BCUT2D eigenvalue weighted by Gasteiger charge is -1.90. The predicted octanol–water partition coefficient (Wildman–Crippen LogP) is 2.80. The minimum Gasteiger partial charge on any atom is -0.389 e. The summed E-state index contributed by atoms with van der Waals surface area (Å²) in [5.41, 5.74) is 12.1. The van der Waals surface area contributed by atoms with Crippen molar-refractivity contribution in [2.24, 2.45) is 0 Å². The highest BCUT2D eigenvalue weighted by Gasteiger charge is 2.10. The molecule has 0 aromatic carbocycles. The first-order chi connectivity index (χ1) is 6.16. The quantitative estimate of drug-likeness (QED) is 0.841. The lowest BCUT2D eigenvalue weighted by Crippen LogP contribution is -1.83. The van der Waals surface area contributed by atoms with Crippen LogP contribution in [0.5, 0.6) is 0 Å². The molecule has 2 heterocycles. The van der Waals surface area contributed by atoms with Gasteiger partial charge in [0.25, 0.3) is 0 Å². The Balaban J connectivity index is 2.51. The SMILES string of the molecule is Nc1nc(-c2ccc(Br)s2)c(N)s1. The maximum absolute atomic E-state index is 5.75. The molecule has 0 unspecified atom stereocenters. The zero-order valence-corrected chi connectivity index (χ0v) is 9.67. The van der Waals surface area contributed by atoms with E-state index in [2.05, 4.69) is 20.9 Å². The fraction of sp³-hybridized carbons (Fsp3) is 0. The second kappa shape index (κ2) is 3.28. The topological polar surface area (TPSA) is 64.9 Å². The van der Waals surface area contributed by atoms with E-state index in [1.54, 1.807) is 11.3 Å². The van der Waals surface area contributed by atoms with Crippen LogP contribution in [-0.2, 0) is 0 Å². The smallest absolute Gasteiger partial charge is 0.182 e. The van der Waals surface area contributed by atoms with Crippen molar-refractivity contribution in [1.82, 2.24) is 4.98 Å². The Hall–Kier alpha value is -0.590. The highest BCUT2D eigenvalue weighted by atomic mass is 79.9. The van der Waals surface area contributed by atoms with E-state index in [4.69, 9.17) is 11.5 Å². The molecule has 0 fully saturated rings. The molecule has 0 aliphatic carbocycles. The summed E-state index contributed by atoms with van der Waals surface area (Å²) in [6.45, 7) is 0. The molecule has 0 saturated heterocycles. The summed E-state index contributed by atoms with van der Waals surface area (Å²) in [7, 11) is 0. The number of thiazole rings is 1. The van der Waals surface area contributed by atoms with Crippen LogP contribution >= 0.6 is 38.6 Å². The van der Waals surface area contributed by atoms with Gasteiger partial charge in [-0.05, 0) is 28.1 Å². The number of thiophene rings is 1. The van der Waals surface area contributed by atoms with Gasteiger partial charge in [-0.25, -0.2) is 4.98 Å². The molecule has 0 radical (unpaired) electrons. The Labute approximate surface area is 91.5 Å². The van der Waals surface area contributed by atoms with Gasteiger partial charge >= 0.3 is 0 Å². The number of hydrogen-bond acceptors (Lipinski definition) is 5. The molecule has 2 aromatic rings. The van der Waals surface area contributed by atoms with Crippen LogP contribution in [-0.4, -0.2) is 4.98 Å². The van der Waals surface area contributed by atoms with Gasteiger partial charge in [0.05, 0.1) is 8.66 Å². The average molecular weight is 276 g/mol. The number of aromatic nitrogens is 1. The normalized spacial score (nSPS) is 10.5. The molecule has 6 heteroatoms. The molecule has 68 valence electrons. The third-order valence-corrected chi connectivity index (χ3v) is 3.82. The van der Waals surface area contributed by atoms with E-state index in [0.29, 0.717) is 10.1 Å². The number of nitrogens with zero attached hydrogens (tertiary/aromatic N) is 1. The zero-order chi connectivity index (χ0) is 9.42. The first-order valence-electron chi connectivity index (χ1n) is 3.44. The fourth-order valence-electron chi connectivity index (χ4n) is 0.967. The van der Waals surface area contributed by atoms with E-state index in [1.807, 2.05) is 12.1 Å². The van der Waals surface area contributed by atoms with Crippen molar-refractivity contribution in [3.05, 3.63) is 15.9 Å². The largest absolute Gasteiger partial charge is 0.389 e. The lowest BCUT2D eigenvalue weighted by molar-refractivity contribution is 1.43. The lowest BCUT2D eigenvalue weighted by atomic mass is 10.4. The summed E-state index contributed by atoms with van der Waals surface area (Å²) >= 11 is 6.29. The van der Waals surface area contributed by atoms with Crippen molar-refractivity contribution in [1.29, 1.82) is 0 Å². The molecule has 2 aromatic heterocycles. The van der Waals surface area contributed by atoms with Gasteiger partial charge in [0, 0.05) is 0 Å². The summed E-state index contributed by atoms with van der Waals surface area (Å²) < 4.78 is 1.06.